The fourth-order valence-corrected chi connectivity index (χ4v) is 2.25. The lowest BCUT2D eigenvalue weighted by Crippen LogP contribution is -2.25. The number of carbonyl (C=O) groups is 1. The van der Waals surface area contributed by atoms with Gasteiger partial charge in [0.05, 0.1) is 12.8 Å². The van der Waals surface area contributed by atoms with Gasteiger partial charge in [0.2, 0.25) is 0 Å². The fourth-order valence-electron chi connectivity index (χ4n) is 2.25. The van der Waals surface area contributed by atoms with Crippen molar-refractivity contribution < 1.29 is 9.21 Å². The highest BCUT2D eigenvalue weighted by atomic mass is 16.3. The molecule has 0 aliphatic heterocycles. The molecule has 1 amide bonds. The smallest absolute Gasteiger partial charge is 0.254 e. The quantitative estimate of drug-likeness (QED) is 0.723. The molecule has 0 aliphatic carbocycles. The normalized spacial score (nSPS) is 10.7. The third-order valence-electron chi connectivity index (χ3n) is 3.32. The van der Waals surface area contributed by atoms with Crippen LogP contribution in [0.5, 0.6) is 0 Å². The summed E-state index contributed by atoms with van der Waals surface area (Å²) in [5.41, 5.74) is 0.692. The predicted molar refractivity (Wildman–Crippen MR) is 78.5 cm³/mol. The summed E-state index contributed by atoms with van der Waals surface area (Å²) < 4.78 is 5.27. The van der Waals surface area contributed by atoms with E-state index in [4.69, 9.17) is 4.42 Å². The van der Waals surface area contributed by atoms with Gasteiger partial charge in [0.1, 0.15) is 5.76 Å². The molecule has 0 aliphatic rings. The summed E-state index contributed by atoms with van der Waals surface area (Å²) in [5, 5.41) is 2.21. The van der Waals surface area contributed by atoms with Crippen molar-refractivity contribution in [1.29, 1.82) is 0 Å². The van der Waals surface area contributed by atoms with Gasteiger partial charge in [0.15, 0.2) is 0 Å². The van der Waals surface area contributed by atoms with E-state index in [2.05, 4.69) is 0 Å². The Morgan fingerprint density at radius 3 is 2.60 bits per heavy atom. The SMILES string of the molecule is CN(Cc1ccco1)C(=O)c1ccc2ccccc2c1. The van der Waals surface area contributed by atoms with Crippen LogP contribution in [0.4, 0.5) is 0 Å². The predicted octanol–water partition coefficient (Wildman–Crippen LogP) is 3.71. The van der Waals surface area contributed by atoms with E-state index in [1.807, 2.05) is 54.6 Å². The van der Waals surface area contributed by atoms with Gasteiger partial charge < -0.3 is 9.32 Å². The Morgan fingerprint density at radius 1 is 1.05 bits per heavy atom. The van der Waals surface area contributed by atoms with Crippen molar-refractivity contribution in [1.82, 2.24) is 4.90 Å². The summed E-state index contributed by atoms with van der Waals surface area (Å²) in [5.74, 6) is 0.772. The number of benzene rings is 2. The first-order valence-corrected chi connectivity index (χ1v) is 6.51. The van der Waals surface area contributed by atoms with Crippen molar-refractivity contribution in [3.8, 4) is 0 Å². The number of amides is 1. The zero-order chi connectivity index (χ0) is 13.9. The summed E-state index contributed by atoms with van der Waals surface area (Å²) in [6.45, 7) is 0.471. The van der Waals surface area contributed by atoms with Gasteiger partial charge in [-0.25, -0.2) is 0 Å². The molecule has 0 unspecified atom stereocenters. The van der Waals surface area contributed by atoms with Gasteiger partial charge in [-0.05, 0) is 35.0 Å². The molecule has 20 heavy (non-hydrogen) atoms. The Labute approximate surface area is 117 Å². The molecule has 0 radical (unpaired) electrons. The van der Waals surface area contributed by atoms with Crippen molar-refractivity contribution >= 4 is 16.7 Å². The Morgan fingerprint density at radius 2 is 1.85 bits per heavy atom. The molecule has 0 atom stereocenters. The number of nitrogens with zero attached hydrogens (tertiary/aromatic N) is 1. The van der Waals surface area contributed by atoms with Gasteiger partial charge in [-0.1, -0.05) is 30.3 Å². The zero-order valence-electron chi connectivity index (χ0n) is 11.2. The van der Waals surface area contributed by atoms with Crippen LogP contribution in [0.25, 0.3) is 10.8 Å². The minimum atomic E-state index is -0.00727. The molecule has 100 valence electrons. The van der Waals surface area contributed by atoms with Crippen molar-refractivity contribution in [2.24, 2.45) is 0 Å². The third kappa shape index (κ3) is 2.43. The van der Waals surface area contributed by atoms with Crippen LogP contribution in [0.1, 0.15) is 16.1 Å². The van der Waals surface area contributed by atoms with E-state index in [0.717, 1.165) is 16.5 Å². The Kier molecular flexibility index (Phi) is 3.25. The second-order valence-corrected chi connectivity index (χ2v) is 4.80. The second-order valence-electron chi connectivity index (χ2n) is 4.80. The standard InChI is InChI=1S/C17H15NO2/c1-18(12-16-7-4-10-20-16)17(19)15-9-8-13-5-2-3-6-14(13)11-15/h2-11H,12H2,1H3. The number of carbonyl (C=O) groups excluding carboxylic acids is 1. The van der Waals surface area contributed by atoms with Crippen LogP contribution < -0.4 is 0 Å². The van der Waals surface area contributed by atoms with E-state index in [-0.39, 0.29) is 5.91 Å². The number of hydrogen-bond donors (Lipinski definition) is 0. The highest BCUT2D eigenvalue weighted by molar-refractivity contribution is 5.98. The summed E-state index contributed by atoms with van der Waals surface area (Å²) in [6.07, 6.45) is 1.61. The van der Waals surface area contributed by atoms with Crippen molar-refractivity contribution in [3.05, 3.63) is 72.2 Å². The average Bonchev–Trinajstić information content (AvgIpc) is 2.99. The Bertz CT molecular complexity index is 732. The van der Waals surface area contributed by atoms with Crippen LogP contribution in [0, 0.1) is 0 Å². The number of fused-ring (bicyclic) bond motifs is 1. The third-order valence-corrected chi connectivity index (χ3v) is 3.32. The molecule has 2 aromatic carbocycles. The number of hydrogen-bond acceptors (Lipinski definition) is 2. The Hall–Kier alpha value is -2.55. The summed E-state index contributed by atoms with van der Waals surface area (Å²) >= 11 is 0. The lowest BCUT2D eigenvalue weighted by molar-refractivity contribution is 0.0775. The monoisotopic (exact) mass is 265 g/mol. The molecular weight excluding hydrogens is 250 g/mol. The Balaban J connectivity index is 1.84. The molecule has 0 N–H and O–H groups in total. The maximum Gasteiger partial charge on any atom is 0.254 e. The van der Waals surface area contributed by atoms with Gasteiger partial charge in [0, 0.05) is 12.6 Å². The first-order valence-electron chi connectivity index (χ1n) is 6.51. The minimum absolute atomic E-state index is 0.00727. The van der Waals surface area contributed by atoms with Crippen LogP contribution >= 0.6 is 0 Å². The molecule has 0 spiro atoms. The van der Waals surface area contributed by atoms with E-state index in [1.54, 1.807) is 18.2 Å². The zero-order valence-corrected chi connectivity index (χ0v) is 11.2. The van der Waals surface area contributed by atoms with E-state index < -0.39 is 0 Å². The first kappa shape index (κ1) is 12.5. The largest absolute Gasteiger partial charge is 0.467 e. The first-order chi connectivity index (χ1) is 9.74. The van der Waals surface area contributed by atoms with Gasteiger partial charge in [-0.2, -0.15) is 0 Å². The molecule has 1 aromatic heterocycles. The maximum atomic E-state index is 12.4. The van der Waals surface area contributed by atoms with E-state index in [1.165, 1.54) is 0 Å². The molecule has 0 saturated carbocycles. The van der Waals surface area contributed by atoms with Gasteiger partial charge in [-0.3, -0.25) is 4.79 Å². The maximum absolute atomic E-state index is 12.4. The fraction of sp³-hybridized carbons (Fsp3) is 0.118. The summed E-state index contributed by atoms with van der Waals surface area (Å²) in [4.78, 5) is 14.1. The lowest BCUT2D eigenvalue weighted by Gasteiger charge is -2.16. The van der Waals surface area contributed by atoms with Gasteiger partial charge in [-0.15, -0.1) is 0 Å². The number of rotatable bonds is 3. The van der Waals surface area contributed by atoms with Crippen molar-refractivity contribution in [3.63, 3.8) is 0 Å². The molecule has 3 heteroatoms. The molecule has 0 fully saturated rings. The minimum Gasteiger partial charge on any atom is -0.467 e. The van der Waals surface area contributed by atoms with Crippen LogP contribution in [0.3, 0.4) is 0 Å². The van der Waals surface area contributed by atoms with Crippen LogP contribution in [0.2, 0.25) is 0 Å². The molecule has 3 nitrogen and oxygen atoms in total. The second kappa shape index (κ2) is 5.21. The molecular formula is C17H15NO2. The van der Waals surface area contributed by atoms with Crippen LogP contribution in [-0.4, -0.2) is 17.9 Å². The summed E-state index contributed by atoms with van der Waals surface area (Å²) in [6, 6.07) is 17.5. The summed E-state index contributed by atoms with van der Waals surface area (Å²) in [7, 11) is 1.78. The van der Waals surface area contributed by atoms with Crippen molar-refractivity contribution in [2.45, 2.75) is 6.54 Å². The van der Waals surface area contributed by atoms with E-state index >= 15 is 0 Å². The van der Waals surface area contributed by atoms with Gasteiger partial charge >= 0.3 is 0 Å². The highest BCUT2D eigenvalue weighted by Gasteiger charge is 2.13. The molecule has 3 aromatic rings. The molecule has 3 rings (SSSR count). The van der Waals surface area contributed by atoms with E-state index in [9.17, 15) is 4.79 Å². The number of furan rings is 1. The van der Waals surface area contributed by atoms with Crippen LogP contribution in [0.15, 0.2) is 65.3 Å². The van der Waals surface area contributed by atoms with Crippen LogP contribution in [-0.2, 0) is 6.54 Å². The molecule has 1 heterocycles. The van der Waals surface area contributed by atoms with E-state index in [0.29, 0.717) is 12.1 Å². The van der Waals surface area contributed by atoms with Crippen molar-refractivity contribution in [2.75, 3.05) is 7.05 Å². The highest BCUT2D eigenvalue weighted by Crippen LogP contribution is 2.17. The topological polar surface area (TPSA) is 33.5 Å². The molecule has 0 bridgehead atoms. The average molecular weight is 265 g/mol. The lowest BCUT2D eigenvalue weighted by atomic mass is 10.1. The molecule has 0 saturated heterocycles. The van der Waals surface area contributed by atoms with Gasteiger partial charge in [0.25, 0.3) is 5.91 Å².